The molecule has 2 aromatic carbocycles. The first-order valence-electron chi connectivity index (χ1n) is 13.3. The monoisotopic (exact) mass is 588 g/mol. The summed E-state index contributed by atoms with van der Waals surface area (Å²) < 4.78 is 0. The van der Waals surface area contributed by atoms with Gasteiger partial charge in [-0.1, -0.05) is 63.4 Å². The lowest BCUT2D eigenvalue weighted by molar-refractivity contribution is -0.445. The van der Waals surface area contributed by atoms with Gasteiger partial charge in [0.1, 0.15) is 0 Å². The fourth-order valence-electron chi connectivity index (χ4n) is 4.46. The highest BCUT2D eigenvalue weighted by atomic mass is 16.6. The minimum absolute atomic E-state index is 0. The summed E-state index contributed by atoms with van der Waals surface area (Å²) in [5.41, 5.74) is 5.29. The van der Waals surface area contributed by atoms with E-state index in [0.717, 1.165) is 33.0 Å². The lowest BCUT2D eigenvalue weighted by Gasteiger charge is -2.34. The van der Waals surface area contributed by atoms with Gasteiger partial charge in [-0.2, -0.15) is 0 Å². The van der Waals surface area contributed by atoms with Crippen LogP contribution in [-0.2, 0) is 35.5 Å². The van der Waals surface area contributed by atoms with Crippen molar-refractivity contribution in [3.8, 4) is 0 Å². The number of carbonyl (C=O) groups excluding carboxylic acids is 2. The summed E-state index contributed by atoms with van der Waals surface area (Å²) in [6.07, 6.45) is 1.65. The molecule has 2 aliphatic rings. The molecule has 2 unspecified atom stereocenters. The number of nitro groups is 1. The number of fused-ring (bicyclic) bond motifs is 2. The molecule has 4 rings (SSSR count). The van der Waals surface area contributed by atoms with E-state index in [9.17, 15) is 9.59 Å². The highest BCUT2D eigenvalue weighted by Gasteiger charge is 2.30. The summed E-state index contributed by atoms with van der Waals surface area (Å²) in [7, 11) is 18.2. The molecule has 0 N–H and O–H groups in total. The predicted octanol–water partition coefficient (Wildman–Crippen LogP) is 3.61. The van der Waals surface area contributed by atoms with E-state index < -0.39 is 4.92 Å². The van der Waals surface area contributed by atoms with E-state index in [0.29, 0.717) is 0 Å². The molecule has 2 atom stereocenters. The standard InChI is InChI=1S/2C13H18N2O.C3H9N.CH3NO2.2CH4/c2*1-14(2)13(16)12-8-10-6-4-5-7-11(10)9-15(12)3;1-4(2)3;1-2(3)4;;/h2*4-7,12H,8-9H2,1-3H3;1-3H3;1H3;2*1H4. The second-order valence-corrected chi connectivity index (χ2v) is 11.1. The normalized spacial score (nSPS) is 16.9. The van der Waals surface area contributed by atoms with Gasteiger partial charge in [0.25, 0.3) is 0 Å². The van der Waals surface area contributed by atoms with Crippen LogP contribution in [0.3, 0.4) is 0 Å². The Morgan fingerprint density at radius 2 is 0.929 bits per heavy atom. The van der Waals surface area contributed by atoms with Crippen molar-refractivity contribution >= 4 is 11.8 Å². The summed E-state index contributed by atoms with van der Waals surface area (Å²) in [6.45, 7) is 1.72. The maximum atomic E-state index is 12.0. The van der Waals surface area contributed by atoms with Crippen molar-refractivity contribution < 1.29 is 14.5 Å². The Morgan fingerprint density at radius 1 is 0.690 bits per heavy atom. The number of hydrogen-bond donors (Lipinski definition) is 0. The van der Waals surface area contributed by atoms with Crippen molar-refractivity contribution in [1.82, 2.24) is 24.5 Å². The quantitative estimate of drug-likeness (QED) is 0.391. The maximum absolute atomic E-state index is 12.0. The lowest BCUT2D eigenvalue weighted by Crippen LogP contribution is -2.48. The van der Waals surface area contributed by atoms with Crippen LogP contribution < -0.4 is 0 Å². The molecule has 10 nitrogen and oxygen atoms in total. The van der Waals surface area contributed by atoms with Crippen LogP contribution in [0.4, 0.5) is 0 Å². The summed E-state index contributed by atoms with van der Waals surface area (Å²) in [6, 6.07) is 16.7. The van der Waals surface area contributed by atoms with Crippen molar-refractivity contribution in [3.05, 3.63) is 80.9 Å². The molecule has 0 saturated heterocycles. The molecule has 2 heterocycles. The van der Waals surface area contributed by atoms with Crippen molar-refractivity contribution in [1.29, 1.82) is 0 Å². The average Bonchev–Trinajstić information content (AvgIpc) is 2.86. The molecule has 0 aromatic heterocycles. The van der Waals surface area contributed by atoms with Crippen molar-refractivity contribution in [2.24, 2.45) is 0 Å². The Morgan fingerprint density at radius 3 is 1.17 bits per heavy atom. The lowest BCUT2D eigenvalue weighted by atomic mass is 9.94. The van der Waals surface area contributed by atoms with Gasteiger partial charge in [0.05, 0.1) is 12.1 Å². The molecule has 2 aliphatic heterocycles. The van der Waals surface area contributed by atoms with Crippen LogP contribution in [0.2, 0.25) is 0 Å². The summed E-state index contributed by atoms with van der Waals surface area (Å²) >= 11 is 0. The Bertz CT molecular complexity index is 1020. The molecule has 2 aromatic rings. The zero-order chi connectivity index (χ0) is 30.6. The molecular formula is C32H56N6O4. The molecule has 0 fully saturated rings. The first kappa shape index (κ1) is 40.8. The van der Waals surface area contributed by atoms with E-state index >= 15 is 0 Å². The van der Waals surface area contributed by atoms with Crippen LogP contribution in [0.15, 0.2) is 48.5 Å². The van der Waals surface area contributed by atoms with E-state index in [-0.39, 0.29) is 38.8 Å². The number of rotatable bonds is 2. The van der Waals surface area contributed by atoms with Gasteiger partial charge in [0.15, 0.2) is 7.05 Å². The number of benzene rings is 2. The third kappa shape index (κ3) is 13.5. The summed E-state index contributed by atoms with van der Waals surface area (Å²) in [5.74, 6) is 0.383. The molecule has 0 spiro atoms. The second kappa shape index (κ2) is 19.7. The Labute approximate surface area is 255 Å². The van der Waals surface area contributed by atoms with E-state index in [1.165, 1.54) is 22.3 Å². The maximum Gasteiger partial charge on any atom is 0.239 e. The van der Waals surface area contributed by atoms with Gasteiger partial charge in [0, 0.05) is 46.2 Å². The van der Waals surface area contributed by atoms with Crippen molar-refractivity contribution in [2.45, 2.75) is 52.9 Å². The SMILES string of the molecule is C.C.CN(C)C.CN(C)C(=O)C1Cc2ccccc2CN1C.CN(C)C(=O)C1Cc2ccccc2CN1C.C[N+](=O)[O-]. The fourth-order valence-corrected chi connectivity index (χ4v) is 4.46. The van der Waals surface area contributed by atoms with Gasteiger partial charge in [-0.3, -0.25) is 29.5 Å². The second-order valence-electron chi connectivity index (χ2n) is 11.1. The van der Waals surface area contributed by atoms with Gasteiger partial charge >= 0.3 is 0 Å². The Kier molecular flexibility index (Phi) is 19.2. The summed E-state index contributed by atoms with van der Waals surface area (Å²) in [4.78, 5) is 41.9. The van der Waals surface area contributed by atoms with Crippen LogP contribution >= 0.6 is 0 Å². The fraction of sp³-hybridized carbons (Fsp3) is 0.562. The average molecular weight is 589 g/mol. The number of nitrogens with zero attached hydrogens (tertiary/aromatic N) is 6. The number of hydrogen-bond acceptors (Lipinski definition) is 7. The molecule has 10 heteroatoms. The van der Waals surface area contributed by atoms with E-state index in [1.807, 2.05) is 80.5 Å². The number of carbonyl (C=O) groups is 2. The van der Waals surface area contributed by atoms with E-state index in [4.69, 9.17) is 10.1 Å². The number of likely N-dealkylation sites (N-methyl/N-ethyl adjacent to an activating group) is 4. The molecule has 0 bridgehead atoms. The zero-order valence-corrected chi connectivity index (χ0v) is 25.9. The van der Waals surface area contributed by atoms with Gasteiger partial charge in [-0.25, -0.2) is 0 Å². The molecule has 238 valence electrons. The van der Waals surface area contributed by atoms with Crippen molar-refractivity contribution in [2.75, 3.05) is 70.5 Å². The largest absolute Gasteiger partial charge is 0.347 e. The van der Waals surface area contributed by atoms with Gasteiger partial charge in [-0.05, 0) is 70.3 Å². The van der Waals surface area contributed by atoms with E-state index in [2.05, 4.69) is 46.2 Å². The van der Waals surface area contributed by atoms with Crippen molar-refractivity contribution in [3.63, 3.8) is 0 Å². The van der Waals surface area contributed by atoms with Crippen LogP contribution in [0.5, 0.6) is 0 Å². The molecule has 0 radical (unpaired) electrons. The first-order chi connectivity index (χ1) is 18.6. The molecule has 0 aliphatic carbocycles. The van der Waals surface area contributed by atoms with Gasteiger partial charge < -0.3 is 14.7 Å². The molecule has 42 heavy (non-hydrogen) atoms. The van der Waals surface area contributed by atoms with Crippen LogP contribution in [-0.4, -0.2) is 124 Å². The van der Waals surface area contributed by atoms with Crippen LogP contribution in [0.25, 0.3) is 0 Å². The molecule has 2 amide bonds. The Hall–Kier alpha value is -3.34. The molecule has 0 saturated carbocycles. The highest BCUT2D eigenvalue weighted by molar-refractivity contribution is 5.82. The number of amides is 2. The van der Waals surface area contributed by atoms with Crippen LogP contribution in [0, 0.1) is 10.1 Å². The third-order valence-corrected chi connectivity index (χ3v) is 6.42. The van der Waals surface area contributed by atoms with Gasteiger partial charge in [-0.15, -0.1) is 0 Å². The predicted molar refractivity (Wildman–Crippen MR) is 174 cm³/mol. The first-order valence-corrected chi connectivity index (χ1v) is 13.3. The minimum atomic E-state index is -0.500. The van der Waals surface area contributed by atoms with E-state index in [1.54, 1.807) is 9.80 Å². The van der Waals surface area contributed by atoms with Gasteiger partial charge in [0.2, 0.25) is 11.8 Å². The third-order valence-electron chi connectivity index (χ3n) is 6.42. The summed E-state index contributed by atoms with van der Waals surface area (Å²) in [5, 5.41) is 8.81. The minimum Gasteiger partial charge on any atom is -0.347 e. The molecular weight excluding hydrogens is 532 g/mol. The van der Waals surface area contributed by atoms with Crippen LogP contribution in [0.1, 0.15) is 37.1 Å². The zero-order valence-electron chi connectivity index (χ0n) is 25.9. The topological polar surface area (TPSA) is 93.5 Å². The Balaban J connectivity index is 0. The smallest absolute Gasteiger partial charge is 0.239 e. The highest BCUT2D eigenvalue weighted by Crippen LogP contribution is 2.23.